The van der Waals surface area contributed by atoms with Gasteiger partial charge in [-0.25, -0.2) is 14.7 Å². The molecule has 0 unspecified atom stereocenters. The summed E-state index contributed by atoms with van der Waals surface area (Å²) >= 11 is 0. The number of benzene rings is 1. The second-order valence-electron chi connectivity index (χ2n) is 7.09. The Labute approximate surface area is 169 Å². The van der Waals surface area contributed by atoms with Crippen LogP contribution in [0.1, 0.15) is 45.6 Å². The molecule has 0 bridgehead atoms. The molecule has 0 saturated carbocycles. The first-order chi connectivity index (χ1) is 14.0. The van der Waals surface area contributed by atoms with Crippen LogP contribution in [0, 0.1) is 13.8 Å². The average molecular weight is 392 g/mol. The highest BCUT2D eigenvalue weighted by molar-refractivity contribution is 5.99. The lowest BCUT2D eigenvalue weighted by Crippen LogP contribution is -2.45. The maximum Gasteiger partial charge on any atom is 0.290 e. The van der Waals surface area contributed by atoms with Gasteiger partial charge in [-0.1, -0.05) is 18.2 Å². The van der Waals surface area contributed by atoms with Crippen LogP contribution in [0.15, 0.2) is 42.6 Å². The molecule has 1 aromatic carbocycles. The van der Waals surface area contributed by atoms with Crippen molar-refractivity contribution in [1.29, 1.82) is 0 Å². The van der Waals surface area contributed by atoms with Crippen LogP contribution in [0.5, 0.6) is 0 Å². The molecule has 0 radical (unpaired) electrons. The van der Waals surface area contributed by atoms with E-state index in [1.54, 1.807) is 21.6 Å². The van der Waals surface area contributed by atoms with Crippen molar-refractivity contribution in [3.63, 3.8) is 0 Å². The normalized spacial score (nSPS) is 13.9. The van der Waals surface area contributed by atoms with Crippen LogP contribution < -0.4 is 0 Å². The molecule has 3 aromatic rings. The van der Waals surface area contributed by atoms with Gasteiger partial charge in [0.25, 0.3) is 11.8 Å². The fraction of sp³-hybridized carbons (Fsp3) is 0.333. The van der Waals surface area contributed by atoms with Gasteiger partial charge in [0.2, 0.25) is 0 Å². The summed E-state index contributed by atoms with van der Waals surface area (Å²) < 4.78 is 3.42. The minimum atomic E-state index is -0.213. The van der Waals surface area contributed by atoms with Crippen LogP contribution in [0.4, 0.5) is 0 Å². The Balaban J connectivity index is 1.62. The Hall–Kier alpha value is -3.42. The number of amides is 2. The maximum atomic E-state index is 13.3. The number of carbonyl (C=O) groups excluding carboxylic acids is 2. The second kappa shape index (κ2) is 7.54. The molecule has 0 N–H and O–H groups in total. The zero-order valence-electron chi connectivity index (χ0n) is 16.9. The highest BCUT2D eigenvalue weighted by Crippen LogP contribution is 2.21. The monoisotopic (exact) mass is 392 g/mol. The molecule has 2 amide bonds. The lowest BCUT2D eigenvalue weighted by atomic mass is 10.2. The molecule has 0 spiro atoms. The summed E-state index contributed by atoms with van der Waals surface area (Å²) in [6, 6.07) is 11.4. The van der Waals surface area contributed by atoms with Crippen molar-refractivity contribution in [2.45, 2.75) is 33.7 Å². The fourth-order valence-corrected chi connectivity index (χ4v) is 3.71. The van der Waals surface area contributed by atoms with Crippen molar-refractivity contribution in [2.24, 2.45) is 0 Å². The fourth-order valence-electron chi connectivity index (χ4n) is 3.71. The molecule has 8 nitrogen and oxygen atoms in total. The molecule has 29 heavy (non-hydrogen) atoms. The topological polar surface area (TPSA) is 76.3 Å². The van der Waals surface area contributed by atoms with Gasteiger partial charge in [0.05, 0.1) is 28.8 Å². The van der Waals surface area contributed by atoms with E-state index in [0.29, 0.717) is 30.9 Å². The molecular weight excluding hydrogens is 368 g/mol. The van der Waals surface area contributed by atoms with Crippen LogP contribution in [0.3, 0.4) is 0 Å². The predicted molar refractivity (Wildman–Crippen MR) is 108 cm³/mol. The van der Waals surface area contributed by atoms with Gasteiger partial charge in [-0.15, -0.1) is 0 Å². The first-order valence-electron chi connectivity index (χ1n) is 9.79. The summed E-state index contributed by atoms with van der Waals surface area (Å²) in [4.78, 5) is 26.4. The van der Waals surface area contributed by atoms with Gasteiger partial charge in [-0.05, 0) is 45.4 Å². The van der Waals surface area contributed by atoms with Gasteiger partial charge < -0.3 is 0 Å². The molecule has 0 atom stereocenters. The summed E-state index contributed by atoms with van der Waals surface area (Å²) in [6.07, 6.45) is 2.31. The van der Waals surface area contributed by atoms with Crippen molar-refractivity contribution in [1.82, 2.24) is 29.6 Å². The van der Waals surface area contributed by atoms with Crippen LogP contribution >= 0.6 is 0 Å². The van der Waals surface area contributed by atoms with Gasteiger partial charge in [-0.3, -0.25) is 14.3 Å². The Bertz CT molecular complexity index is 1050. The third-order valence-electron chi connectivity index (χ3n) is 5.16. The summed E-state index contributed by atoms with van der Waals surface area (Å²) in [5.74, 6) is -0.416. The van der Waals surface area contributed by atoms with Gasteiger partial charge in [0.1, 0.15) is 5.69 Å². The van der Waals surface area contributed by atoms with Crippen LogP contribution in [-0.2, 0) is 6.54 Å². The molecular formula is C21H24N6O2. The van der Waals surface area contributed by atoms with Crippen molar-refractivity contribution in [3.05, 3.63) is 65.2 Å². The van der Waals surface area contributed by atoms with Crippen molar-refractivity contribution < 1.29 is 9.59 Å². The predicted octanol–water partition coefficient (Wildman–Crippen LogP) is 2.61. The standard InChI is InChI=1S/C21H24N6O2/c1-4-24-19(13-15(2)23-24)21(29)26-12-8-11-25(26)20(28)18-14-22-27(16(18)3)17-9-6-5-7-10-17/h5-7,9-10,13-14H,4,8,11-12H2,1-3H3. The van der Waals surface area contributed by atoms with E-state index in [1.807, 2.05) is 51.1 Å². The van der Waals surface area contributed by atoms with E-state index in [0.717, 1.165) is 23.5 Å². The van der Waals surface area contributed by atoms with Crippen molar-refractivity contribution in [3.8, 4) is 5.69 Å². The Kier molecular flexibility index (Phi) is 4.92. The van der Waals surface area contributed by atoms with E-state index in [-0.39, 0.29) is 11.8 Å². The number of nitrogens with zero attached hydrogens (tertiary/aromatic N) is 6. The Morgan fingerprint density at radius 2 is 1.72 bits per heavy atom. The number of hydrogen-bond acceptors (Lipinski definition) is 4. The van der Waals surface area contributed by atoms with E-state index >= 15 is 0 Å². The molecule has 1 aliphatic rings. The van der Waals surface area contributed by atoms with Gasteiger partial charge in [0.15, 0.2) is 0 Å². The molecule has 2 aromatic heterocycles. The van der Waals surface area contributed by atoms with Gasteiger partial charge >= 0.3 is 0 Å². The van der Waals surface area contributed by atoms with Gasteiger partial charge in [0, 0.05) is 19.6 Å². The summed E-state index contributed by atoms with van der Waals surface area (Å²) in [5, 5.41) is 11.8. The van der Waals surface area contributed by atoms with Crippen LogP contribution in [0.25, 0.3) is 5.69 Å². The lowest BCUT2D eigenvalue weighted by Gasteiger charge is -2.27. The van der Waals surface area contributed by atoms with Gasteiger partial charge in [-0.2, -0.15) is 10.2 Å². The zero-order chi connectivity index (χ0) is 20.5. The van der Waals surface area contributed by atoms with E-state index in [9.17, 15) is 9.59 Å². The minimum absolute atomic E-state index is 0.202. The average Bonchev–Trinajstić information content (AvgIpc) is 3.45. The SMILES string of the molecule is CCn1nc(C)cc1C(=O)N1CCCN1C(=O)c1cnn(-c2ccccc2)c1C. The second-order valence-corrected chi connectivity index (χ2v) is 7.09. The van der Waals surface area contributed by atoms with E-state index in [2.05, 4.69) is 10.2 Å². The number of para-hydroxylation sites is 1. The summed E-state index contributed by atoms with van der Waals surface area (Å²) in [7, 11) is 0. The molecule has 8 heteroatoms. The van der Waals surface area contributed by atoms with E-state index in [1.165, 1.54) is 10.0 Å². The zero-order valence-corrected chi connectivity index (χ0v) is 16.9. The Morgan fingerprint density at radius 1 is 1.03 bits per heavy atom. The maximum absolute atomic E-state index is 13.3. The number of hydrazine groups is 1. The molecule has 1 saturated heterocycles. The summed E-state index contributed by atoms with van der Waals surface area (Å²) in [5.41, 5.74) is 3.41. The molecule has 4 rings (SSSR count). The van der Waals surface area contributed by atoms with Crippen LogP contribution in [0.2, 0.25) is 0 Å². The van der Waals surface area contributed by atoms with E-state index < -0.39 is 0 Å². The molecule has 1 fully saturated rings. The van der Waals surface area contributed by atoms with Crippen molar-refractivity contribution in [2.75, 3.05) is 13.1 Å². The van der Waals surface area contributed by atoms with Crippen molar-refractivity contribution >= 4 is 11.8 Å². The first kappa shape index (κ1) is 18.9. The first-order valence-corrected chi connectivity index (χ1v) is 9.79. The number of hydrogen-bond donors (Lipinski definition) is 0. The third kappa shape index (κ3) is 3.30. The Morgan fingerprint density at radius 3 is 2.41 bits per heavy atom. The number of carbonyl (C=O) groups is 2. The number of rotatable bonds is 4. The quantitative estimate of drug-likeness (QED) is 0.684. The highest BCUT2D eigenvalue weighted by Gasteiger charge is 2.34. The molecule has 3 heterocycles. The molecule has 150 valence electrons. The number of aryl methyl sites for hydroxylation is 2. The summed E-state index contributed by atoms with van der Waals surface area (Å²) in [6.45, 7) is 7.27. The lowest BCUT2D eigenvalue weighted by molar-refractivity contribution is 0.0178. The molecule has 1 aliphatic heterocycles. The van der Waals surface area contributed by atoms with E-state index in [4.69, 9.17) is 0 Å². The highest BCUT2D eigenvalue weighted by atomic mass is 16.2. The largest absolute Gasteiger partial charge is 0.290 e. The number of aromatic nitrogens is 4. The smallest absolute Gasteiger partial charge is 0.267 e. The minimum Gasteiger partial charge on any atom is -0.267 e. The third-order valence-corrected chi connectivity index (χ3v) is 5.16. The molecule has 0 aliphatic carbocycles. The van der Waals surface area contributed by atoms with Crippen LogP contribution in [-0.4, -0.2) is 54.5 Å².